The van der Waals surface area contributed by atoms with E-state index in [2.05, 4.69) is 18.0 Å². The van der Waals surface area contributed by atoms with Gasteiger partial charge in [-0.3, -0.25) is 4.90 Å². The summed E-state index contributed by atoms with van der Waals surface area (Å²) in [6, 6.07) is 5.98. The molecular formula is C21H21NO6. The molecule has 0 bridgehead atoms. The van der Waals surface area contributed by atoms with E-state index in [4.69, 9.17) is 23.7 Å². The fraction of sp³-hybridized carbons (Fsp3) is 0.429. The Balaban J connectivity index is 1.57. The number of hydrogen-bond donors (Lipinski definition) is 1. The molecule has 2 aromatic rings. The molecule has 3 atom stereocenters. The van der Waals surface area contributed by atoms with Crippen molar-refractivity contribution in [3.8, 4) is 28.7 Å². The molecule has 0 spiro atoms. The van der Waals surface area contributed by atoms with Crippen LogP contribution in [0.25, 0.3) is 0 Å². The van der Waals surface area contributed by atoms with Crippen LogP contribution in [-0.4, -0.2) is 43.9 Å². The highest BCUT2D eigenvalue weighted by Gasteiger charge is 2.47. The normalized spacial score (nSPS) is 26.5. The molecular weight excluding hydrogens is 362 g/mol. The highest BCUT2D eigenvalue weighted by Crippen LogP contribution is 2.57. The minimum absolute atomic E-state index is 0.0314. The van der Waals surface area contributed by atoms with Crippen LogP contribution in [0.2, 0.25) is 0 Å². The first-order valence-electron chi connectivity index (χ1n) is 9.46. The molecule has 6 rings (SSSR count). The van der Waals surface area contributed by atoms with E-state index < -0.39 is 6.10 Å². The predicted molar refractivity (Wildman–Crippen MR) is 98.3 cm³/mol. The summed E-state index contributed by atoms with van der Waals surface area (Å²) in [5, 5.41) is 11.2. The minimum atomic E-state index is -0.524. The maximum absolute atomic E-state index is 11.2. The van der Waals surface area contributed by atoms with Crippen molar-refractivity contribution >= 4 is 0 Å². The average molecular weight is 383 g/mol. The number of rotatable bonds is 1. The number of nitrogens with zero attached hydrogens (tertiary/aromatic N) is 1. The van der Waals surface area contributed by atoms with Gasteiger partial charge in [0, 0.05) is 29.6 Å². The molecule has 146 valence electrons. The zero-order valence-corrected chi connectivity index (χ0v) is 15.7. The van der Waals surface area contributed by atoms with Gasteiger partial charge in [0.25, 0.3) is 0 Å². The third kappa shape index (κ3) is 2.00. The van der Waals surface area contributed by atoms with Gasteiger partial charge < -0.3 is 28.8 Å². The summed E-state index contributed by atoms with van der Waals surface area (Å²) in [5.74, 6) is 3.54. The van der Waals surface area contributed by atoms with Crippen LogP contribution in [0, 0.1) is 0 Å². The quantitative estimate of drug-likeness (QED) is 0.811. The lowest BCUT2D eigenvalue weighted by Gasteiger charge is -2.47. The van der Waals surface area contributed by atoms with Crippen LogP contribution in [0.15, 0.2) is 18.2 Å². The smallest absolute Gasteiger partial charge is 0.231 e. The van der Waals surface area contributed by atoms with E-state index in [1.54, 1.807) is 7.11 Å². The van der Waals surface area contributed by atoms with E-state index in [0.29, 0.717) is 30.2 Å². The van der Waals surface area contributed by atoms with Crippen molar-refractivity contribution in [3.05, 3.63) is 40.5 Å². The Bertz CT molecular complexity index is 990. The molecule has 0 fully saturated rings. The van der Waals surface area contributed by atoms with Crippen molar-refractivity contribution in [2.24, 2.45) is 0 Å². The Hall–Kier alpha value is -2.64. The van der Waals surface area contributed by atoms with E-state index in [1.165, 1.54) is 0 Å². The third-order valence-electron chi connectivity index (χ3n) is 6.35. The fourth-order valence-electron chi connectivity index (χ4n) is 5.26. The Morgan fingerprint density at radius 1 is 1.07 bits per heavy atom. The SMILES string of the molecule is COc1c2c(cc3c1[C@H]1[C@H](c4ccc5c(c4CN1C)OCO5)[C@@H](O)C3)OCO2. The van der Waals surface area contributed by atoms with E-state index >= 15 is 0 Å². The van der Waals surface area contributed by atoms with E-state index in [-0.39, 0.29) is 25.5 Å². The highest BCUT2D eigenvalue weighted by atomic mass is 16.7. The van der Waals surface area contributed by atoms with Crippen molar-refractivity contribution in [1.82, 2.24) is 4.90 Å². The van der Waals surface area contributed by atoms with E-state index in [0.717, 1.165) is 33.8 Å². The molecule has 28 heavy (non-hydrogen) atoms. The van der Waals surface area contributed by atoms with Gasteiger partial charge in [0.2, 0.25) is 19.3 Å². The van der Waals surface area contributed by atoms with Gasteiger partial charge in [-0.15, -0.1) is 0 Å². The van der Waals surface area contributed by atoms with Gasteiger partial charge in [-0.05, 0) is 36.7 Å². The second-order valence-corrected chi connectivity index (χ2v) is 7.74. The molecule has 1 N–H and O–H groups in total. The van der Waals surface area contributed by atoms with Crippen LogP contribution in [0.3, 0.4) is 0 Å². The Labute approximate surface area is 162 Å². The molecule has 0 saturated carbocycles. The maximum Gasteiger partial charge on any atom is 0.231 e. The molecule has 3 aliphatic heterocycles. The fourth-order valence-corrected chi connectivity index (χ4v) is 5.26. The summed E-state index contributed by atoms with van der Waals surface area (Å²) in [5.41, 5.74) is 4.34. The Morgan fingerprint density at radius 2 is 1.86 bits per heavy atom. The van der Waals surface area contributed by atoms with E-state index in [9.17, 15) is 5.11 Å². The minimum Gasteiger partial charge on any atom is -0.492 e. The summed E-state index contributed by atoms with van der Waals surface area (Å²) in [7, 11) is 3.73. The second kappa shape index (κ2) is 5.68. The van der Waals surface area contributed by atoms with Crippen molar-refractivity contribution in [2.45, 2.75) is 31.0 Å². The van der Waals surface area contributed by atoms with Crippen LogP contribution in [0.4, 0.5) is 0 Å². The molecule has 2 aromatic carbocycles. The molecule has 0 radical (unpaired) electrons. The van der Waals surface area contributed by atoms with Crippen molar-refractivity contribution in [2.75, 3.05) is 27.7 Å². The first-order chi connectivity index (χ1) is 13.7. The summed E-state index contributed by atoms with van der Waals surface area (Å²) >= 11 is 0. The lowest BCUT2D eigenvalue weighted by atomic mass is 9.70. The summed E-state index contributed by atoms with van der Waals surface area (Å²) in [6.45, 7) is 1.13. The molecule has 7 nitrogen and oxygen atoms in total. The van der Waals surface area contributed by atoms with Gasteiger partial charge in [0.05, 0.1) is 13.2 Å². The molecule has 0 aromatic heterocycles. The van der Waals surface area contributed by atoms with Crippen LogP contribution >= 0.6 is 0 Å². The predicted octanol–water partition coefficient (Wildman–Crippen LogP) is 2.34. The molecule has 0 saturated heterocycles. The monoisotopic (exact) mass is 383 g/mol. The Morgan fingerprint density at radius 3 is 2.68 bits per heavy atom. The van der Waals surface area contributed by atoms with Crippen LogP contribution in [0.1, 0.15) is 34.2 Å². The first kappa shape index (κ1) is 16.3. The third-order valence-corrected chi connectivity index (χ3v) is 6.35. The zero-order chi connectivity index (χ0) is 19.0. The van der Waals surface area contributed by atoms with Gasteiger partial charge in [0.15, 0.2) is 23.0 Å². The molecule has 3 heterocycles. The van der Waals surface area contributed by atoms with E-state index in [1.807, 2.05) is 12.1 Å². The van der Waals surface area contributed by atoms with Crippen molar-refractivity contribution < 1.29 is 28.8 Å². The molecule has 0 amide bonds. The van der Waals surface area contributed by atoms with Crippen LogP contribution in [0.5, 0.6) is 28.7 Å². The lowest BCUT2D eigenvalue weighted by Crippen LogP contribution is -2.43. The van der Waals surface area contributed by atoms with Crippen molar-refractivity contribution in [1.29, 1.82) is 0 Å². The maximum atomic E-state index is 11.2. The average Bonchev–Trinajstić information content (AvgIpc) is 3.35. The highest BCUT2D eigenvalue weighted by molar-refractivity contribution is 5.64. The molecule has 7 heteroatoms. The van der Waals surface area contributed by atoms with Gasteiger partial charge in [-0.2, -0.15) is 0 Å². The summed E-state index contributed by atoms with van der Waals surface area (Å²) < 4.78 is 28.4. The number of likely N-dealkylation sites (N-methyl/N-ethyl adjacent to an activating group) is 1. The number of benzene rings is 2. The lowest BCUT2D eigenvalue weighted by molar-refractivity contribution is 0.0576. The number of aliphatic hydroxyl groups excluding tert-OH is 1. The zero-order valence-electron chi connectivity index (χ0n) is 15.7. The first-order valence-corrected chi connectivity index (χ1v) is 9.46. The standard InChI is InChI=1S/C21H21NO6/c1-22-7-12-11(3-4-14-19(12)27-8-25-14)17-13(23)5-10-6-15-20(28-9-26-15)21(24-2)16(10)18(17)22/h3-4,6,13,17-18,23H,5,7-9H2,1-2H3/t13-,17+,18-/m0/s1. The molecule has 1 aliphatic carbocycles. The number of aliphatic hydroxyl groups is 1. The van der Waals surface area contributed by atoms with Crippen LogP contribution < -0.4 is 23.7 Å². The second-order valence-electron chi connectivity index (χ2n) is 7.74. The molecule has 0 unspecified atom stereocenters. The van der Waals surface area contributed by atoms with Crippen molar-refractivity contribution in [3.63, 3.8) is 0 Å². The number of hydrogen-bond acceptors (Lipinski definition) is 7. The topological polar surface area (TPSA) is 69.6 Å². The van der Waals surface area contributed by atoms with Gasteiger partial charge in [-0.25, -0.2) is 0 Å². The number of fused-ring (bicyclic) bond motifs is 8. The Kier molecular flexibility index (Phi) is 3.31. The number of methoxy groups -OCH3 is 1. The molecule has 4 aliphatic rings. The van der Waals surface area contributed by atoms with Gasteiger partial charge in [0.1, 0.15) is 0 Å². The summed E-state index contributed by atoms with van der Waals surface area (Å²) in [4.78, 5) is 2.25. The van der Waals surface area contributed by atoms with Gasteiger partial charge >= 0.3 is 0 Å². The van der Waals surface area contributed by atoms with Gasteiger partial charge in [-0.1, -0.05) is 6.07 Å². The summed E-state index contributed by atoms with van der Waals surface area (Å²) in [6.07, 6.45) is 0.00930. The largest absolute Gasteiger partial charge is 0.492 e. The number of ether oxygens (including phenoxy) is 5. The van der Waals surface area contributed by atoms with Crippen LogP contribution in [-0.2, 0) is 13.0 Å².